The summed E-state index contributed by atoms with van der Waals surface area (Å²) in [4.78, 5) is 3.40. The predicted molar refractivity (Wildman–Crippen MR) is 116 cm³/mol. The largest absolute Gasteiger partial charge is 0.488 e. The van der Waals surface area contributed by atoms with Crippen LogP contribution in [0.4, 0.5) is 11.4 Å². The van der Waals surface area contributed by atoms with Crippen molar-refractivity contribution in [1.82, 2.24) is 0 Å². The summed E-state index contributed by atoms with van der Waals surface area (Å²) >= 11 is 7.90. The highest BCUT2D eigenvalue weighted by atomic mass is 35.5. The van der Waals surface area contributed by atoms with E-state index in [1.165, 1.54) is 23.9 Å². The lowest BCUT2D eigenvalue weighted by Crippen LogP contribution is -2.38. The van der Waals surface area contributed by atoms with Gasteiger partial charge < -0.3 is 14.4 Å². The minimum absolute atomic E-state index is 0.295. The Morgan fingerprint density at radius 2 is 2.18 bits per heavy atom. The van der Waals surface area contributed by atoms with E-state index in [-0.39, 0.29) is 0 Å². The molecule has 0 aliphatic carbocycles. The summed E-state index contributed by atoms with van der Waals surface area (Å²) < 4.78 is 9.47. The van der Waals surface area contributed by atoms with E-state index in [9.17, 15) is 5.26 Å². The molecular weight excluding hydrogens is 390 g/mol. The Labute approximate surface area is 175 Å². The quantitative estimate of drug-likeness (QED) is 0.429. The van der Waals surface area contributed by atoms with Crippen LogP contribution in [0.2, 0.25) is 5.02 Å². The van der Waals surface area contributed by atoms with Crippen molar-refractivity contribution in [2.45, 2.75) is 37.1 Å². The third kappa shape index (κ3) is 3.94. The number of rotatable bonds is 0. The molecule has 1 saturated heterocycles. The second-order valence-corrected chi connectivity index (χ2v) is 8.37. The van der Waals surface area contributed by atoms with E-state index in [1.54, 1.807) is 0 Å². The zero-order chi connectivity index (χ0) is 19.5. The molecule has 4 rings (SSSR count). The molecule has 0 radical (unpaired) electrons. The van der Waals surface area contributed by atoms with Gasteiger partial charge in [0.15, 0.2) is 0 Å². The molecule has 0 spiro atoms. The van der Waals surface area contributed by atoms with Gasteiger partial charge in [-0.15, -0.1) is 0 Å². The number of nitriles is 1. The zero-order valence-electron chi connectivity index (χ0n) is 15.7. The number of nitrogens with zero attached hydrogens (tertiary/aromatic N) is 2. The molecule has 2 aromatic rings. The van der Waals surface area contributed by atoms with Gasteiger partial charge in [-0.1, -0.05) is 23.7 Å². The first-order valence-corrected chi connectivity index (χ1v) is 10.7. The van der Waals surface area contributed by atoms with Crippen LogP contribution in [0.1, 0.15) is 30.4 Å². The Hall–Kier alpha value is -2.29. The summed E-state index contributed by atoms with van der Waals surface area (Å²) in [5, 5.41) is 9.93. The van der Waals surface area contributed by atoms with E-state index in [2.05, 4.69) is 46.9 Å². The van der Waals surface area contributed by atoms with Gasteiger partial charge in [-0.2, -0.15) is 5.26 Å². The van der Waals surface area contributed by atoms with E-state index in [1.807, 2.05) is 18.2 Å². The molecule has 0 aromatic heterocycles. The van der Waals surface area contributed by atoms with Gasteiger partial charge in [0.05, 0.1) is 26.9 Å². The maximum Gasteiger partial charge on any atom is 0.135 e. The summed E-state index contributed by atoms with van der Waals surface area (Å²) in [6.07, 6.45) is 7.79. The summed E-state index contributed by atoms with van der Waals surface area (Å²) in [6.45, 7) is 3.58. The number of halogens is 1. The average molecular weight is 412 g/mol. The standard InChI is InChI=1S/C22H22ClN3OS/c1-15-7-8-21-22(11-15)28-25-19-12-16(14-24)18(23)13-20(19)26-9-3-2-5-17(26)6-4-10-27-21/h4,6-8,11-13,17,25H,2-3,5,9-10H2,1H3/b6-4+. The molecule has 2 heterocycles. The fourth-order valence-electron chi connectivity index (χ4n) is 3.70. The summed E-state index contributed by atoms with van der Waals surface area (Å²) in [5.74, 6) is 0.852. The second-order valence-electron chi connectivity index (χ2n) is 7.11. The summed E-state index contributed by atoms with van der Waals surface area (Å²) in [6, 6.07) is 12.4. The average Bonchev–Trinajstić information content (AvgIpc) is 2.70. The molecule has 2 aliphatic heterocycles. The third-order valence-electron chi connectivity index (χ3n) is 5.13. The van der Waals surface area contributed by atoms with Crippen molar-refractivity contribution in [3.05, 3.63) is 58.6 Å². The lowest BCUT2D eigenvalue weighted by molar-refractivity contribution is 0.353. The first kappa shape index (κ1) is 19.0. The summed E-state index contributed by atoms with van der Waals surface area (Å²) in [5.41, 5.74) is 3.59. The van der Waals surface area contributed by atoms with Crippen molar-refractivity contribution in [3.8, 4) is 11.8 Å². The lowest BCUT2D eigenvalue weighted by Gasteiger charge is -2.37. The molecule has 1 atom stereocenters. The fourth-order valence-corrected chi connectivity index (χ4v) is 4.76. The lowest BCUT2D eigenvalue weighted by atomic mass is 10.00. The highest BCUT2D eigenvalue weighted by molar-refractivity contribution is 8.00. The maximum atomic E-state index is 9.44. The minimum atomic E-state index is 0.295. The Balaban J connectivity index is 1.80. The number of hydrogen-bond acceptors (Lipinski definition) is 5. The van der Waals surface area contributed by atoms with Gasteiger partial charge in [-0.05, 0) is 74.0 Å². The van der Waals surface area contributed by atoms with Crippen LogP contribution in [0.3, 0.4) is 0 Å². The monoisotopic (exact) mass is 411 g/mol. The molecule has 2 aliphatic rings. The van der Waals surface area contributed by atoms with Crippen LogP contribution in [0, 0.1) is 18.3 Å². The van der Waals surface area contributed by atoms with Gasteiger partial charge >= 0.3 is 0 Å². The topological polar surface area (TPSA) is 48.3 Å². The van der Waals surface area contributed by atoms with Gasteiger partial charge in [0.2, 0.25) is 0 Å². The molecule has 4 nitrogen and oxygen atoms in total. The Morgan fingerprint density at radius 3 is 3.04 bits per heavy atom. The van der Waals surface area contributed by atoms with Crippen molar-refractivity contribution in [3.63, 3.8) is 0 Å². The van der Waals surface area contributed by atoms with Crippen LogP contribution in [-0.2, 0) is 0 Å². The minimum Gasteiger partial charge on any atom is -0.488 e. The van der Waals surface area contributed by atoms with Crippen molar-refractivity contribution >= 4 is 34.9 Å². The van der Waals surface area contributed by atoms with Crippen molar-refractivity contribution in [2.24, 2.45) is 0 Å². The van der Waals surface area contributed by atoms with Gasteiger partial charge in [-0.25, -0.2) is 0 Å². The molecule has 1 N–H and O–H groups in total. The Morgan fingerprint density at radius 1 is 1.29 bits per heavy atom. The molecule has 0 amide bonds. The third-order valence-corrected chi connectivity index (χ3v) is 6.30. The predicted octanol–water partition coefficient (Wildman–Crippen LogP) is 5.95. The summed E-state index contributed by atoms with van der Waals surface area (Å²) in [7, 11) is 0. The molecule has 1 fully saturated rings. The molecule has 28 heavy (non-hydrogen) atoms. The number of benzene rings is 2. The number of piperidine rings is 1. The number of hydrogen-bond donors (Lipinski definition) is 1. The van der Waals surface area contributed by atoms with Gasteiger partial charge in [0, 0.05) is 12.6 Å². The van der Waals surface area contributed by atoms with Crippen molar-refractivity contribution in [2.75, 3.05) is 22.8 Å². The maximum absolute atomic E-state index is 9.44. The highest BCUT2D eigenvalue weighted by Gasteiger charge is 2.24. The number of ether oxygens (including phenoxy) is 1. The second kappa shape index (κ2) is 8.38. The smallest absolute Gasteiger partial charge is 0.135 e. The van der Waals surface area contributed by atoms with Gasteiger partial charge in [0.25, 0.3) is 0 Å². The molecular formula is C22H22ClN3OS. The number of aryl methyl sites for hydroxylation is 1. The van der Waals surface area contributed by atoms with Crippen LogP contribution < -0.4 is 14.4 Å². The highest BCUT2D eigenvalue weighted by Crippen LogP contribution is 2.40. The van der Waals surface area contributed by atoms with Crippen molar-refractivity contribution in [1.29, 1.82) is 5.26 Å². The zero-order valence-corrected chi connectivity index (χ0v) is 17.3. The number of fused-ring (bicyclic) bond motifs is 4. The normalized spacial score (nSPS) is 20.0. The van der Waals surface area contributed by atoms with E-state index in [0.29, 0.717) is 23.2 Å². The Bertz CT molecular complexity index is 954. The first-order chi connectivity index (χ1) is 13.7. The van der Waals surface area contributed by atoms with Crippen LogP contribution >= 0.6 is 23.5 Å². The SMILES string of the molecule is Cc1ccc2c(c1)SNc1cc(C#N)c(Cl)cc1N1CCCCC1/C=C/CO2. The van der Waals surface area contributed by atoms with Crippen molar-refractivity contribution < 1.29 is 4.74 Å². The molecule has 0 saturated carbocycles. The molecule has 0 bridgehead atoms. The van der Waals surface area contributed by atoms with Gasteiger partial charge in [0.1, 0.15) is 18.4 Å². The van der Waals surface area contributed by atoms with E-state index < -0.39 is 0 Å². The first-order valence-electron chi connectivity index (χ1n) is 9.49. The molecule has 144 valence electrons. The van der Waals surface area contributed by atoms with E-state index in [0.717, 1.165) is 41.4 Å². The Kier molecular flexibility index (Phi) is 5.70. The van der Waals surface area contributed by atoms with Gasteiger partial charge in [-0.3, -0.25) is 0 Å². The van der Waals surface area contributed by atoms with Crippen LogP contribution in [0.25, 0.3) is 0 Å². The fraction of sp³-hybridized carbons (Fsp3) is 0.318. The molecule has 6 heteroatoms. The van der Waals surface area contributed by atoms with Crippen LogP contribution in [-0.4, -0.2) is 19.2 Å². The van der Waals surface area contributed by atoms with E-state index >= 15 is 0 Å². The van der Waals surface area contributed by atoms with Crippen LogP contribution in [0.15, 0.2) is 47.4 Å². The van der Waals surface area contributed by atoms with E-state index in [4.69, 9.17) is 16.3 Å². The number of anilines is 2. The molecule has 1 unspecified atom stereocenters. The van der Waals surface area contributed by atoms with Crippen LogP contribution in [0.5, 0.6) is 5.75 Å². The number of nitrogens with one attached hydrogen (secondary N) is 1. The molecule has 2 aromatic carbocycles.